The topological polar surface area (TPSA) is 122 Å². The number of fused-ring (bicyclic) bond motifs is 1. The number of hydrogen-bond acceptors (Lipinski definition) is 6. The van der Waals surface area contributed by atoms with Crippen LogP contribution in [0.3, 0.4) is 0 Å². The molecule has 0 aliphatic carbocycles. The lowest BCUT2D eigenvalue weighted by Gasteiger charge is -2.14. The van der Waals surface area contributed by atoms with Crippen molar-refractivity contribution in [3.05, 3.63) is 34.5 Å². The maximum atomic E-state index is 12.1. The highest BCUT2D eigenvalue weighted by atomic mass is 35.5. The zero-order chi connectivity index (χ0) is 22.1. The van der Waals surface area contributed by atoms with E-state index < -0.39 is 5.97 Å². The molecule has 2 heterocycles. The Morgan fingerprint density at radius 1 is 1.27 bits per heavy atom. The van der Waals surface area contributed by atoms with Gasteiger partial charge in [-0.05, 0) is 17.7 Å². The maximum Gasteiger partial charge on any atom is 0.306 e. The fourth-order valence-corrected chi connectivity index (χ4v) is 3.40. The third-order valence-electron chi connectivity index (χ3n) is 4.56. The molecule has 10 heteroatoms. The van der Waals surface area contributed by atoms with Crippen LogP contribution in [0.25, 0.3) is 17.0 Å². The lowest BCUT2D eigenvalue weighted by atomic mass is 9.92. The predicted molar refractivity (Wildman–Crippen MR) is 112 cm³/mol. The maximum absolute atomic E-state index is 12.1. The summed E-state index contributed by atoms with van der Waals surface area (Å²) in [4.78, 5) is 26.4. The van der Waals surface area contributed by atoms with Crippen molar-refractivity contribution in [3.8, 4) is 11.4 Å². The van der Waals surface area contributed by atoms with Gasteiger partial charge in [0.2, 0.25) is 5.91 Å². The van der Waals surface area contributed by atoms with Gasteiger partial charge in [-0.25, -0.2) is 0 Å². The summed E-state index contributed by atoms with van der Waals surface area (Å²) < 4.78 is 5.97. The summed E-state index contributed by atoms with van der Waals surface area (Å²) in [7, 11) is 1.27. The smallest absolute Gasteiger partial charge is 0.306 e. The van der Waals surface area contributed by atoms with Crippen LogP contribution in [0.1, 0.15) is 44.9 Å². The minimum Gasteiger partial charge on any atom is -0.469 e. The average Bonchev–Trinajstić information content (AvgIpc) is 3.25. The molecule has 30 heavy (non-hydrogen) atoms. The van der Waals surface area contributed by atoms with Crippen molar-refractivity contribution in [2.45, 2.75) is 45.6 Å². The molecule has 0 saturated carbocycles. The zero-order valence-electron chi connectivity index (χ0n) is 17.2. The van der Waals surface area contributed by atoms with E-state index in [0.29, 0.717) is 33.3 Å². The fraction of sp³-hybridized carbons (Fsp3) is 0.400. The third kappa shape index (κ3) is 4.47. The Balaban J connectivity index is 1.90. The largest absolute Gasteiger partial charge is 0.469 e. The number of amides is 1. The highest BCUT2D eigenvalue weighted by Crippen LogP contribution is 2.33. The number of aliphatic hydroxyl groups is 1. The number of aromatic nitrogens is 4. The van der Waals surface area contributed by atoms with Crippen LogP contribution >= 0.6 is 11.6 Å². The Morgan fingerprint density at radius 2 is 2.00 bits per heavy atom. The number of hydrogen-bond donors (Lipinski definition) is 3. The van der Waals surface area contributed by atoms with Gasteiger partial charge in [0, 0.05) is 23.1 Å². The molecule has 160 valence electrons. The average molecular weight is 434 g/mol. The first-order valence-corrected chi connectivity index (χ1v) is 9.77. The number of methoxy groups -OCH3 is 1. The van der Waals surface area contributed by atoms with Gasteiger partial charge in [0.05, 0.1) is 25.8 Å². The molecule has 1 aromatic carbocycles. The number of rotatable bonds is 6. The number of esters is 1. The molecule has 0 fully saturated rings. The van der Waals surface area contributed by atoms with E-state index in [9.17, 15) is 14.7 Å². The van der Waals surface area contributed by atoms with Crippen molar-refractivity contribution >= 4 is 34.8 Å². The molecule has 3 rings (SSSR count). The third-order valence-corrected chi connectivity index (χ3v) is 4.91. The Kier molecular flexibility index (Phi) is 6.14. The minimum atomic E-state index is -0.452. The molecule has 3 aromatic rings. The number of nitrogens with zero attached hydrogens (tertiary/aromatic N) is 3. The van der Waals surface area contributed by atoms with Gasteiger partial charge in [-0.3, -0.25) is 9.59 Å². The molecule has 9 nitrogen and oxygen atoms in total. The second kappa shape index (κ2) is 8.45. The summed E-state index contributed by atoms with van der Waals surface area (Å²) in [6.45, 7) is 5.82. The highest BCUT2D eigenvalue weighted by molar-refractivity contribution is 6.34. The van der Waals surface area contributed by atoms with Gasteiger partial charge < -0.3 is 20.1 Å². The van der Waals surface area contributed by atoms with E-state index in [2.05, 4.69) is 25.2 Å². The summed E-state index contributed by atoms with van der Waals surface area (Å²) in [5.74, 6) is -0.323. The summed E-state index contributed by atoms with van der Waals surface area (Å²) in [5, 5.41) is 21.9. The molecule has 2 aromatic heterocycles. The van der Waals surface area contributed by atoms with Gasteiger partial charge >= 0.3 is 5.97 Å². The van der Waals surface area contributed by atoms with Gasteiger partial charge in [0.15, 0.2) is 11.5 Å². The molecule has 0 unspecified atom stereocenters. The van der Waals surface area contributed by atoms with Gasteiger partial charge in [0.1, 0.15) is 5.02 Å². The molecule has 1 amide bonds. The molecule has 0 spiro atoms. The predicted octanol–water partition coefficient (Wildman–Crippen LogP) is 3.06. The summed E-state index contributed by atoms with van der Waals surface area (Å²) in [6, 6.07) is 5.06. The van der Waals surface area contributed by atoms with E-state index in [1.54, 1.807) is 18.2 Å². The van der Waals surface area contributed by atoms with Crippen molar-refractivity contribution in [2.24, 2.45) is 0 Å². The van der Waals surface area contributed by atoms with Crippen LogP contribution in [-0.4, -0.2) is 43.9 Å². The number of carbonyl (C=O) groups is 2. The number of H-pyrrole nitrogens is 1. The van der Waals surface area contributed by atoms with Crippen LogP contribution < -0.4 is 5.32 Å². The first kappa shape index (κ1) is 21.8. The number of halogens is 1. The minimum absolute atomic E-state index is 0.00349. The van der Waals surface area contributed by atoms with Crippen LogP contribution in [0, 0.1) is 0 Å². The van der Waals surface area contributed by atoms with Crippen LogP contribution in [0.4, 0.5) is 5.69 Å². The van der Waals surface area contributed by atoms with Gasteiger partial charge in [-0.2, -0.15) is 5.10 Å². The molecule has 0 radical (unpaired) electrons. The van der Waals surface area contributed by atoms with Gasteiger partial charge in [-0.1, -0.05) is 38.4 Å². The van der Waals surface area contributed by atoms with Crippen LogP contribution in [0.5, 0.6) is 0 Å². The monoisotopic (exact) mass is 433 g/mol. The molecule has 3 N–H and O–H groups in total. The van der Waals surface area contributed by atoms with E-state index in [4.69, 9.17) is 11.6 Å². The Bertz CT molecular complexity index is 1100. The van der Waals surface area contributed by atoms with Crippen molar-refractivity contribution < 1.29 is 19.4 Å². The Morgan fingerprint density at radius 3 is 2.60 bits per heavy atom. The Hall–Kier alpha value is -2.91. The lowest BCUT2D eigenvalue weighted by Crippen LogP contribution is -2.14. The normalized spacial score (nSPS) is 11.7. The van der Waals surface area contributed by atoms with E-state index in [-0.39, 0.29) is 30.8 Å². The van der Waals surface area contributed by atoms with E-state index in [0.717, 1.165) is 5.69 Å². The van der Waals surface area contributed by atoms with Crippen LogP contribution in [0.2, 0.25) is 5.02 Å². The molecular formula is C20H24ClN5O4. The van der Waals surface area contributed by atoms with E-state index in [1.807, 2.05) is 20.8 Å². The van der Waals surface area contributed by atoms with Gasteiger partial charge in [0.25, 0.3) is 0 Å². The van der Waals surface area contributed by atoms with Crippen LogP contribution in [-0.2, 0) is 26.3 Å². The highest BCUT2D eigenvalue weighted by Gasteiger charge is 2.25. The quantitative estimate of drug-likeness (QED) is 0.513. The number of anilines is 1. The summed E-state index contributed by atoms with van der Waals surface area (Å²) >= 11 is 6.49. The zero-order valence-corrected chi connectivity index (χ0v) is 18.0. The van der Waals surface area contributed by atoms with Crippen molar-refractivity contribution in [2.75, 3.05) is 12.4 Å². The molecular weight excluding hydrogens is 410 g/mol. The van der Waals surface area contributed by atoms with Crippen molar-refractivity contribution in [1.29, 1.82) is 0 Å². The summed E-state index contributed by atoms with van der Waals surface area (Å²) in [6.07, 6.45) is -0.00255. The lowest BCUT2D eigenvalue weighted by molar-refractivity contribution is -0.141. The standard InChI is InChI=1S/C20H24ClN5O4/c1-20(2,3)17-16(21)19-23-18(25-26(19)24-17)13-9-12(6-5-11(13)10-27)22-14(28)7-8-15(29)30-4/h5-6,9,27H,7-8,10H2,1-4H3,(H,22,28)(H,23,25). The molecule has 0 atom stereocenters. The first-order valence-electron chi connectivity index (χ1n) is 9.40. The molecule has 0 saturated heterocycles. The van der Waals surface area contributed by atoms with Crippen molar-refractivity contribution in [1.82, 2.24) is 19.8 Å². The number of nitrogens with one attached hydrogen (secondary N) is 2. The second-order valence-electron chi connectivity index (χ2n) is 7.88. The van der Waals surface area contributed by atoms with E-state index in [1.165, 1.54) is 11.7 Å². The van der Waals surface area contributed by atoms with E-state index >= 15 is 0 Å². The summed E-state index contributed by atoms with van der Waals surface area (Å²) in [5.41, 5.74) is 2.76. The fourth-order valence-electron chi connectivity index (χ4n) is 2.95. The number of carbonyl (C=O) groups excluding carboxylic acids is 2. The SMILES string of the molecule is COC(=O)CCC(=O)Nc1ccc(CO)c(-c2nn3nc(C(C)(C)C)c(Cl)c3[nH]2)c1. The number of aliphatic hydroxyl groups excluding tert-OH is 1. The number of benzene rings is 1. The van der Waals surface area contributed by atoms with Gasteiger partial charge in [-0.15, -0.1) is 9.73 Å². The number of ether oxygens (including phenoxy) is 1. The second-order valence-corrected chi connectivity index (χ2v) is 8.26. The molecule has 0 aliphatic rings. The number of aromatic amines is 1. The molecule has 0 aliphatic heterocycles. The Labute approximate surface area is 178 Å². The molecule has 0 bridgehead atoms. The first-order chi connectivity index (χ1) is 14.1. The van der Waals surface area contributed by atoms with Crippen LogP contribution in [0.15, 0.2) is 18.2 Å². The van der Waals surface area contributed by atoms with Crippen molar-refractivity contribution in [3.63, 3.8) is 0 Å².